The van der Waals surface area contributed by atoms with Gasteiger partial charge in [-0.3, -0.25) is 4.79 Å². The quantitative estimate of drug-likeness (QED) is 0.640. The summed E-state index contributed by atoms with van der Waals surface area (Å²) in [5, 5.41) is 15.3. The Hall–Kier alpha value is -2.28. The average Bonchev–Trinajstić information content (AvgIpc) is 3.20. The molecule has 1 aromatic rings. The minimum absolute atomic E-state index is 0.116. The second-order valence-electron chi connectivity index (χ2n) is 7.28. The van der Waals surface area contributed by atoms with Gasteiger partial charge < -0.3 is 10.6 Å². The highest BCUT2D eigenvalue weighted by Gasteiger charge is 2.41. The number of amides is 1. The smallest absolute Gasteiger partial charge is 0.267 e. The van der Waals surface area contributed by atoms with Crippen molar-refractivity contribution in [1.82, 2.24) is 5.32 Å². The van der Waals surface area contributed by atoms with Crippen LogP contribution in [0.3, 0.4) is 0 Å². The number of benzene rings is 1. The fraction of sp³-hybridized carbons (Fsp3) is 0.500. The van der Waals surface area contributed by atoms with E-state index in [1.165, 1.54) is 25.7 Å². The first-order valence-corrected chi connectivity index (χ1v) is 8.81. The van der Waals surface area contributed by atoms with Gasteiger partial charge in [-0.25, -0.2) is 0 Å². The monoisotopic (exact) mass is 323 g/mol. The van der Waals surface area contributed by atoms with E-state index in [1.54, 1.807) is 6.20 Å². The van der Waals surface area contributed by atoms with Crippen LogP contribution in [0.2, 0.25) is 0 Å². The fourth-order valence-electron chi connectivity index (χ4n) is 4.23. The molecular weight excluding hydrogens is 298 g/mol. The zero-order valence-electron chi connectivity index (χ0n) is 14.4. The van der Waals surface area contributed by atoms with Gasteiger partial charge in [-0.15, -0.1) is 0 Å². The molecule has 4 nitrogen and oxygen atoms in total. The molecule has 0 radical (unpaired) electrons. The minimum Gasteiger partial charge on any atom is -0.387 e. The summed E-state index contributed by atoms with van der Waals surface area (Å²) in [6.07, 6.45) is 6.94. The molecule has 126 valence electrons. The number of nitrogens with zero attached hydrogens (tertiary/aromatic N) is 1. The summed E-state index contributed by atoms with van der Waals surface area (Å²) in [5.74, 6) is 2.01. The normalized spacial score (nSPS) is 26.7. The molecule has 0 saturated heterocycles. The van der Waals surface area contributed by atoms with E-state index in [0.717, 1.165) is 17.4 Å². The van der Waals surface area contributed by atoms with Gasteiger partial charge in [0, 0.05) is 17.9 Å². The first-order chi connectivity index (χ1) is 11.6. The number of carbonyl (C=O) groups excluding carboxylic acids is 1. The predicted molar refractivity (Wildman–Crippen MR) is 95.0 cm³/mol. The van der Waals surface area contributed by atoms with Crippen molar-refractivity contribution in [3.63, 3.8) is 0 Å². The molecule has 1 aromatic carbocycles. The summed E-state index contributed by atoms with van der Waals surface area (Å²) in [7, 11) is 0. The van der Waals surface area contributed by atoms with Gasteiger partial charge in [-0.05, 0) is 63.0 Å². The lowest BCUT2D eigenvalue weighted by molar-refractivity contribution is -0.112. The maximum atomic E-state index is 12.2. The molecule has 2 fully saturated rings. The van der Waals surface area contributed by atoms with E-state index < -0.39 is 0 Å². The fourth-order valence-corrected chi connectivity index (χ4v) is 4.23. The Morgan fingerprint density at radius 3 is 2.62 bits per heavy atom. The van der Waals surface area contributed by atoms with Crippen molar-refractivity contribution in [2.45, 2.75) is 45.6 Å². The molecular formula is C20H25N3O. The Morgan fingerprint density at radius 1 is 1.29 bits per heavy atom. The molecule has 0 aromatic heterocycles. The number of nitrogens with one attached hydrogen (secondary N) is 2. The molecule has 2 bridgehead atoms. The third kappa shape index (κ3) is 3.62. The predicted octanol–water partition coefficient (Wildman–Crippen LogP) is 3.76. The summed E-state index contributed by atoms with van der Waals surface area (Å²) in [4.78, 5) is 12.2. The molecule has 2 saturated carbocycles. The van der Waals surface area contributed by atoms with E-state index in [-0.39, 0.29) is 11.5 Å². The van der Waals surface area contributed by atoms with E-state index in [9.17, 15) is 10.1 Å². The van der Waals surface area contributed by atoms with Crippen LogP contribution in [0.15, 0.2) is 36.0 Å². The molecule has 2 aliphatic rings. The van der Waals surface area contributed by atoms with Gasteiger partial charge in [-0.1, -0.05) is 24.1 Å². The largest absolute Gasteiger partial charge is 0.387 e. The van der Waals surface area contributed by atoms with Crippen molar-refractivity contribution < 1.29 is 4.79 Å². The Morgan fingerprint density at radius 2 is 2.04 bits per heavy atom. The van der Waals surface area contributed by atoms with Crippen molar-refractivity contribution in [2.75, 3.05) is 5.32 Å². The average molecular weight is 323 g/mol. The molecule has 4 atom stereocenters. The van der Waals surface area contributed by atoms with Crippen molar-refractivity contribution in [1.29, 1.82) is 5.26 Å². The van der Waals surface area contributed by atoms with Gasteiger partial charge in [-0.2, -0.15) is 5.26 Å². The third-order valence-corrected chi connectivity index (χ3v) is 5.60. The highest BCUT2D eigenvalue weighted by Crippen LogP contribution is 2.49. The van der Waals surface area contributed by atoms with Gasteiger partial charge >= 0.3 is 0 Å². The number of hydrogen-bond acceptors (Lipinski definition) is 3. The summed E-state index contributed by atoms with van der Waals surface area (Å²) in [5.41, 5.74) is 1.95. The topological polar surface area (TPSA) is 64.9 Å². The van der Waals surface area contributed by atoms with E-state index in [2.05, 4.69) is 17.6 Å². The van der Waals surface area contributed by atoms with Crippen LogP contribution in [0.4, 0.5) is 5.69 Å². The number of carbonyl (C=O) groups is 1. The Labute approximate surface area is 143 Å². The maximum absolute atomic E-state index is 12.2. The Balaban J connectivity index is 1.58. The molecule has 4 unspecified atom stereocenters. The molecule has 24 heavy (non-hydrogen) atoms. The molecule has 0 heterocycles. The van der Waals surface area contributed by atoms with Crippen LogP contribution in [0.1, 0.15) is 38.2 Å². The van der Waals surface area contributed by atoms with Crippen molar-refractivity contribution in [2.24, 2.45) is 17.8 Å². The van der Waals surface area contributed by atoms with Gasteiger partial charge in [0.15, 0.2) is 0 Å². The van der Waals surface area contributed by atoms with Crippen molar-refractivity contribution >= 4 is 11.6 Å². The summed E-state index contributed by atoms with van der Waals surface area (Å²) < 4.78 is 0. The van der Waals surface area contributed by atoms with Crippen molar-refractivity contribution in [3.05, 3.63) is 41.6 Å². The van der Waals surface area contributed by atoms with Crippen molar-refractivity contribution in [3.8, 4) is 6.07 Å². The van der Waals surface area contributed by atoms with E-state index in [4.69, 9.17) is 0 Å². The summed E-state index contributed by atoms with van der Waals surface area (Å²) >= 11 is 0. The van der Waals surface area contributed by atoms with E-state index in [1.807, 2.05) is 37.3 Å². The van der Waals surface area contributed by atoms with E-state index >= 15 is 0 Å². The first-order valence-electron chi connectivity index (χ1n) is 8.81. The lowest BCUT2D eigenvalue weighted by Crippen LogP contribution is -2.33. The second kappa shape index (κ2) is 7.09. The van der Waals surface area contributed by atoms with E-state index in [0.29, 0.717) is 17.6 Å². The van der Waals surface area contributed by atoms with Gasteiger partial charge in [0.2, 0.25) is 0 Å². The van der Waals surface area contributed by atoms with Crippen LogP contribution in [0, 0.1) is 36.0 Å². The van der Waals surface area contributed by atoms with Crippen LogP contribution in [0.25, 0.3) is 0 Å². The number of nitriles is 1. The standard InChI is InChI=1S/C20H25N3O/c1-13-3-7-18(8-4-13)23-20(24)17(11-21)12-22-14(2)19-10-15-5-6-16(19)9-15/h3-4,7-8,12,14-16,19,22H,5-6,9-10H2,1-2H3,(H,23,24)/b17-12-. The van der Waals surface area contributed by atoms with Crippen LogP contribution < -0.4 is 10.6 Å². The number of rotatable bonds is 5. The Kier molecular flexibility index (Phi) is 4.89. The van der Waals surface area contributed by atoms with Gasteiger partial charge in [0.25, 0.3) is 5.91 Å². The highest BCUT2D eigenvalue weighted by molar-refractivity contribution is 6.06. The number of hydrogen-bond donors (Lipinski definition) is 2. The maximum Gasteiger partial charge on any atom is 0.267 e. The molecule has 4 heteroatoms. The number of aryl methyl sites for hydroxylation is 1. The highest BCUT2D eigenvalue weighted by atomic mass is 16.1. The van der Waals surface area contributed by atoms with Gasteiger partial charge in [0.1, 0.15) is 11.6 Å². The minimum atomic E-state index is -0.367. The molecule has 2 N–H and O–H groups in total. The summed E-state index contributed by atoms with van der Waals surface area (Å²) in [6.45, 7) is 4.15. The van der Waals surface area contributed by atoms with Crippen LogP contribution >= 0.6 is 0 Å². The lowest BCUT2D eigenvalue weighted by Gasteiger charge is -2.28. The summed E-state index contributed by atoms with van der Waals surface area (Å²) in [6, 6.07) is 9.85. The molecule has 0 aliphatic heterocycles. The molecule has 3 rings (SSSR count). The number of anilines is 1. The molecule has 0 spiro atoms. The zero-order chi connectivity index (χ0) is 17.1. The number of fused-ring (bicyclic) bond motifs is 2. The lowest BCUT2D eigenvalue weighted by atomic mass is 9.84. The zero-order valence-corrected chi connectivity index (χ0v) is 14.4. The van der Waals surface area contributed by atoms with Crippen LogP contribution in [-0.2, 0) is 4.79 Å². The van der Waals surface area contributed by atoms with Gasteiger partial charge in [0.05, 0.1) is 0 Å². The second-order valence-corrected chi connectivity index (χ2v) is 7.28. The molecule has 1 amide bonds. The Bertz CT molecular complexity index is 671. The first kappa shape index (κ1) is 16.6. The SMILES string of the molecule is Cc1ccc(NC(=O)/C(C#N)=C\NC(C)C2CC3CCC2C3)cc1. The van der Waals surface area contributed by atoms with Crippen LogP contribution in [-0.4, -0.2) is 11.9 Å². The molecule has 2 aliphatic carbocycles. The van der Waals surface area contributed by atoms with Crippen LogP contribution in [0.5, 0.6) is 0 Å². The third-order valence-electron chi connectivity index (χ3n) is 5.60.